The summed E-state index contributed by atoms with van der Waals surface area (Å²) in [5.74, 6) is -0.174. The highest BCUT2D eigenvalue weighted by molar-refractivity contribution is 5.93. The highest BCUT2D eigenvalue weighted by Gasteiger charge is 2.06. The number of benzene rings is 2. The van der Waals surface area contributed by atoms with E-state index in [0.29, 0.717) is 5.69 Å². The number of nitrogens with one attached hydrogen (secondary N) is 2. The Morgan fingerprint density at radius 2 is 1.86 bits per heavy atom. The van der Waals surface area contributed by atoms with E-state index >= 15 is 0 Å². The van der Waals surface area contributed by atoms with E-state index in [1.807, 2.05) is 24.3 Å². The molecule has 2 N–H and O–H groups in total. The van der Waals surface area contributed by atoms with E-state index < -0.39 is 4.92 Å². The molecule has 0 heterocycles. The summed E-state index contributed by atoms with van der Waals surface area (Å²) in [4.78, 5) is 22.0. The van der Waals surface area contributed by atoms with Crippen molar-refractivity contribution in [1.29, 1.82) is 0 Å². The summed E-state index contributed by atoms with van der Waals surface area (Å²) >= 11 is 0. The molecule has 0 radical (unpaired) electrons. The first-order chi connectivity index (χ1) is 10.6. The van der Waals surface area contributed by atoms with Crippen molar-refractivity contribution in [1.82, 2.24) is 0 Å². The van der Waals surface area contributed by atoms with Crippen LogP contribution in [0.5, 0.6) is 0 Å². The number of carbonyl (C=O) groups excluding carboxylic acids is 1. The third-order valence-corrected chi connectivity index (χ3v) is 3.15. The summed E-state index contributed by atoms with van der Waals surface area (Å²) in [6.07, 6.45) is 0.907. The molecule has 0 unspecified atom stereocenters. The van der Waals surface area contributed by atoms with E-state index in [0.717, 1.165) is 17.7 Å². The number of nitro groups is 1. The van der Waals surface area contributed by atoms with E-state index in [4.69, 9.17) is 0 Å². The molecule has 2 aromatic rings. The highest BCUT2D eigenvalue weighted by Crippen LogP contribution is 2.15. The molecule has 0 atom stereocenters. The summed E-state index contributed by atoms with van der Waals surface area (Å²) in [7, 11) is 0. The fraction of sp³-hybridized carbons (Fsp3) is 0.188. The monoisotopic (exact) mass is 299 g/mol. The van der Waals surface area contributed by atoms with Gasteiger partial charge in [0.15, 0.2) is 0 Å². The summed E-state index contributed by atoms with van der Waals surface area (Å²) in [5, 5.41) is 16.3. The number of rotatable bonds is 6. The maximum atomic E-state index is 11.9. The van der Waals surface area contributed by atoms with Gasteiger partial charge in [-0.15, -0.1) is 0 Å². The van der Waals surface area contributed by atoms with Crippen molar-refractivity contribution in [3.05, 3.63) is 64.2 Å². The topological polar surface area (TPSA) is 84.3 Å². The Hall–Kier alpha value is -2.89. The average molecular weight is 299 g/mol. The van der Waals surface area contributed by atoms with E-state index in [-0.39, 0.29) is 18.1 Å². The van der Waals surface area contributed by atoms with E-state index in [1.54, 1.807) is 12.1 Å². The van der Waals surface area contributed by atoms with Gasteiger partial charge in [0.2, 0.25) is 5.91 Å². The minimum atomic E-state index is -0.461. The molecular formula is C16H17N3O3. The molecule has 6 heteroatoms. The van der Waals surface area contributed by atoms with Gasteiger partial charge in [0.05, 0.1) is 11.5 Å². The second kappa shape index (κ2) is 7.21. The average Bonchev–Trinajstić information content (AvgIpc) is 2.53. The van der Waals surface area contributed by atoms with Crippen LogP contribution in [0.3, 0.4) is 0 Å². The molecule has 0 fully saturated rings. The number of hydrogen-bond acceptors (Lipinski definition) is 4. The van der Waals surface area contributed by atoms with Crippen molar-refractivity contribution in [2.24, 2.45) is 0 Å². The predicted molar refractivity (Wildman–Crippen MR) is 86.0 cm³/mol. The molecular weight excluding hydrogens is 282 g/mol. The van der Waals surface area contributed by atoms with E-state index in [1.165, 1.54) is 12.1 Å². The van der Waals surface area contributed by atoms with Crippen LogP contribution < -0.4 is 10.6 Å². The standard InChI is InChI=1S/C16H17N3O3/c1-2-12-4-3-5-14(10-12)18-16(20)11-17-13-6-8-15(9-7-13)19(21)22/h3-10,17H,2,11H2,1H3,(H,18,20). The normalized spacial score (nSPS) is 10.0. The number of non-ortho nitro benzene ring substituents is 1. The lowest BCUT2D eigenvalue weighted by Crippen LogP contribution is -2.21. The van der Waals surface area contributed by atoms with Crippen LogP contribution in [0.15, 0.2) is 48.5 Å². The largest absolute Gasteiger partial charge is 0.376 e. The molecule has 0 saturated carbocycles. The second-order valence-electron chi connectivity index (χ2n) is 4.76. The van der Waals surface area contributed by atoms with Gasteiger partial charge in [-0.05, 0) is 36.2 Å². The van der Waals surface area contributed by atoms with Crippen LogP contribution >= 0.6 is 0 Å². The number of amides is 1. The molecule has 0 bridgehead atoms. The fourth-order valence-electron chi connectivity index (χ4n) is 1.96. The van der Waals surface area contributed by atoms with Gasteiger partial charge in [-0.3, -0.25) is 14.9 Å². The third kappa shape index (κ3) is 4.31. The molecule has 2 rings (SSSR count). The molecule has 6 nitrogen and oxygen atoms in total. The zero-order chi connectivity index (χ0) is 15.9. The van der Waals surface area contributed by atoms with Gasteiger partial charge in [0, 0.05) is 23.5 Å². The van der Waals surface area contributed by atoms with Crippen molar-refractivity contribution in [2.75, 3.05) is 17.2 Å². The van der Waals surface area contributed by atoms with Crippen LogP contribution in [0.2, 0.25) is 0 Å². The van der Waals surface area contributed by atoms with E-state index in [2.05, 4.69) is 17.6 Å². The molecule has 0 aliphatic heterocycles. The van der Waals surface area contributed by atoms with Gasteiger partial charge in [-0.25, -0.2) is 0 Å². The molecule has 0 spiro atoms. The Morgan fingerprint density at radius 1 is 1.14 bits per heavy atom. The van der Waals surface area contributed by atoms with Gasteiger partial charge in [0.25, 0.3) is 5.69 Å². The first-order valence-corrected chi connectivity index (χ1v) is 6.95. The number of nitrogens with zero attached hydrogens (tertiary/aromatic N) is 1. The zero-order valence-corrected chi connectivity index (χ0v) is 12.2. The van der Waals surface area contributed by atoms with Crippen LogP contribution in [-0.2, 0) is 11.2 Å². The maximum Gasteiger partial charge on any atom is 0.269 e. The van der Waals surface area contributed by atoms with Crippen LogP contribution in [-0.4, -0.2) is 17.4 Å². The first kappa shape index (κ1) is 15.5. The summed E-state index contributed by atoms with van der Waals surface area (Å²) in [6, 6.07) is 13.6. The van der Waals surface area contributed by atoms with Crippen LogP contribution in [0.25, 0.3) is 0 Å². The summed E-state index contributed by atoms with van der Waals surface area (Å²) < 4.78 is 0. The lowest BCUT2D eigenvalue weighted by atomic mass is 10.1. The Bertz CT molecular complexity index is 669. The van der Waals surface area contributed by atoms with Gasteiger partial charge in [0.1, 0.15) is 0 Å². The van der Waals surface area contributed by atoms with Gasteiger partial charge >= 0.3 is 0 Å². The molecule has 2 aromatic carbocycles. The van der Waals surface area contributed by atoms with Crippen LogP contribution in [0.1, 0.15) is 12.5 Å². The fourth-order valence-corrected chi connectivity index (χ4v) is 1.96. The van der Waals surface area contributed by atoms with Crippen LogP contribution in [0, 0.1) is 10.1 Å². The highest BCUT2D eigenvalue weighted by atomic mass is 16.6. The summed E-state index contributed by atoms with van der Waals surface area (Å²) in [6.45, 7) is 2.14. The van der Waals surface area contributed by atoms with Crippen molar-refractivity contribution in [3.63, 3.8) is 0 Å². The second-order valence-corrected chi connectivity index (χ2v) is 4.76. The Balaban J connectivity index is 1.88. The van der Waals surface area contributed by atoms with E-state index in [9.17, 15) is 14.9 Å². The third-order valence-electron chi connectivity index (χ3n) is 3.15. The number of nitro benzene ring substituents is 1. The van der Waals surface area contributed by atoms with Gasteiger partial charge in [-0.1, -0.05) is 19.1 Å². The number of anilines is 2. The molecule has 1 amide bonds. The summed E-state index contributed by atoms with van der Waals surface area (Å²) in [5.41, 5.74) is 2.59. The lowest BCUT2D eigenvalue weighted by Gasteiger charge is -2.08. The molecule has 114 valence electrons. The minimum Gasteiger partial charge on any atom is -0.376 e. The van der Waals surface area contributed by atoms with Crippen molar-refractivity contribution in [3.8, 4) is 0 Å². The number of aryl methyl sites for hydroxylation is 1. The minimum absolute atomic E-state index is 0.0198. The molecule has 0 aliphatic carbocycles. The smallest absolute Gasteiger partial charge is 0.269 e. The number of carbonyl (C=O) groups is 1. The van der Waals surface area contributed by atoms with Crippen molar-refractivity contribution in [2.45, 2.75) is 13.3 Å². The van der Waals surface area contributed by atoms with Gasteiger partial charge < -0.3 is 10.6 Å². The van der Waals surface area contributed by atoms with Crippen molar-refractivity contribution >= 4 is 23.0 Å². The Morgan fingerprint density at radius 3 is 2.50 bits per heavy atom. The molecule has 0 saturated heterocycles. The molecule has 0 aliphatic rings. The lowest BCUT2D eigenvalue weighted by molar-refractivity contribution is -0.384. The Labute approximate surface area is 128 Å². The predicted octanol–water partition coefficient (Wildman–Crippen LogP) is 3.21. The molecule has 0 aromatic heterocycles. The Kier molecular flexibility index (Phi) is 5.08. The zero-order valence-electron chi connectivity index (χ0n) is 12.2. The first-order valence-electron chi connectivity index (χ1n) is 6.95. The maximum absolute atomic E-state index is 11.9. The number of hydrogen-bond donors (Lipinski definition) is 2. The van der Waals surface area contributed by atoms with Gasteiger partial charge in [-0.2, -0.15) is 0 Å². The van der Waals surface area contributed by atoms with Crippen molar-refractivity contribution < 1.29 is 9.72 Å². The SMILES string of the molecule is CCc1cccc(NC(=O)CNc2ccc([N+](=O)[O-])cc2)c1. The quantitative estimate of drug-likeness (QED) is 0.633. The molecule has 22 heavy (non-hydrogen) atoms. The van der Waals surface area contributed by atoms with Crippen LogP contribution in [0.4, 0.5) is 17.1 Å².